The molecular formula is C13H14FNO. The highest BCUT2D eigenvalue weighted by atomic mass is 19.1. The van der Waals surface area contributed by atoms with E-state index in [1.165, 1.54) is 0 Å². The zero-order chi connectivity index (χ0) is 11.4. The van der Waals surface area contributed by atoms with Crippen LogP contribution in [0.5, 0.6) is 5.75 Å². The van der Waals surface area contributed by atoms with Gasteiger partial charge < -0.3 is 4.74 Å². The maximum absolute atomic E-state index is 13.5. The summed E-state index contributed by atoms with van der Waals surface area (Å²) in [7, 11) is 0. The molecule has 1 aliphatic carbocycles. The van der Waals surface area contributed by atoms with Crippen molar-refractivity contribution < 1.29 is 9.13 Å². The first-order valence-electron chi connectivity index (χ1n) is 5.60. The molecule has 0 radical (unpaired) electrons. The summed E-state index contributed by atoms with van der Waals surface area (Å²) in [6.45, 7) is 0. The van der Waals surface area contributed by atoms with Crippen molar-refractivity contribution in [2.24, 2.45) is 0 Å². The Bertz CT molecular complexity index is 382. The summed E-state index contributed by atoms with van der Waals surface area (Å²) in [5.74, 6) is 0.647. The summed E-state index contributed by atoms with van der Waals surface area (Å²) in [5, 5.41) is 8.64. The van der Waals surface area contributed by atoms with Gasteiger partial charge in [-0.1, -0.05) is 6.42 Å². The van der Waals surface area contributed by atoms with Gasteiger partial charge in [0.25, 0.3) is 0 Å². The van der Waals surface area contributed by atoms with Crippen molar-refractivity contribution >= 4 is 0 Å². The van der Waals surface area contributed by atoms with Gasteiger partial charge >= 0.3 is 0 Å². The summed E-state index contributed by atoms with van der Waals surface area (Å²) >= 11 is 0. The predicted octanol–water partition coefficient (Wildman–Crippen LogP) is 3.22. The molecule has 3 heteroatoms. The minimum absolute atomic E-state index is 0.318. The van der Waals surface area contributed by atoms with Gasteiger partial charge in [0, 0.05) is 0 Å². The van der Waals surface area contributed by atoms with Gasteiger partial charge in [0.15, 0.2) is 0 Å². The molecule has 1 fully saturated rings. The first-order chi connectivity index (χ1) is 7.79. The largest absolute Gasteiger partial charge is 0.487 e. The second-order valence-corrected chi connectivity index (χ2v) is 4.09. The molecule has 0 aromatic heterocycles. The highest BCUT2D eigenvalue weighted by Gasteiger charge is 2.26. The van der Waals surface area contributed by atoms with Crippen molar-refractivity contribution in [2.45, 2.75) is 38.0 Å². The third-order valence-corrected chi connectivity index (χ3v) is 2.89. The number of nitrogens with zero attached hydrogens (tertiary/aromatic N) is 1. The third-order valence-electron chi connectivity index (χ3n) is 2.89. The number of alkyl halides is 1. The van der Waals surface area contributed by atoms with Crippen LogP contribution < -0.4 is 4.74 Å². The quantitative estimate of drug-likeness (QED) is 0.765. The highest BCUT2D eigenvalue weighted by Crippen LogP contribution is 2.25. The second kappa shape index (κ2) is 4.98. The maximum atomic E-state index is 13.5. The van der Waals surface area contributed by atoms with Crippen LogP contribution in [-0.4, -0.2) is 12.3 Å². The lowest BCUT2D eigenvalue weighted by atomic mass is 9.96. The van der Waals surface area contributed by atoms with Gasteiger partial charge in [-0.25, -0.2) is 4.39 Å². The van der Waals surface area contributed by atoms with Crippen molar-refractivity contribution in [3.8, 4) is 11.8 Å². The van der Waals surface area contributed by atoms with Crippen molar-refractivity contribution in [3.05, 3.63) is 29.8 Å². The Morgan fingerprint density at radius 3 is 2.50 bits per heavy atom. The summed E-state index contributed by atoms with van der Waals surface area (Å²) in [6.07, 6.45) is 2.18. The molecule has 2 unspecified atom stereocenters. The van der Waals surface area contributed by atoms with Gasteiger partial charge in [-0.05, 0) is 43.5 Å². The maximum Gasteiger partial charge on any atom is 0.137 e. The molecule has 2 rings (SSSR count). The Labute approximate surface area is 94.7 Å². The topological polar surface area (TPSA) is 33.0 Å². The van der Waals surface area contributed by atoms with Crippen molar-refractivity contribution in [2.75, 3.05) is 0 Å². The fourth-order valence-electron chi connectivity index (χ4n) is 1.97. The predicted molar refractivity (Wildman–Crippen MR) is 58.9 cm³/mol. The van der Waals surface area contributed by atoms with Crippen LogP contribution in [0.4, 0.5) is 4.39 Å². The standard InChI is InChI=1S/C13H14FNO/c14-12-3-1-2-4-13(12)16-11-7-5-10(9-15)6-8-11/h5-8,12-13H,1-4H2. The number of halogens is 1. The van der Waals surface area contributed by atoms with Crippen LogP contribution in [0.1, 0.15) is 31.2 Å². The normalized spacial score (nSPS) is 24.8. The van der Waals surface area contributed by atoms with Crippen LogP contribution in [0.3, 0.4) is 0 Å². The Balaban J connectivity index is 2.00. The van der Waals surface area contributed by atoms with Crippen LogP contribution in [-0.2, 0) is 0 Å². The van der Waals surface area contributed by atoms with E-state index in [0.29, 0.717) is 17.7 Å². The van der Waals surface area contributed by atoms with Gasteiger partial charge in [-0.2, -0.15) is 5.26 Å². The zero-order valence-electron chi connectivity index (χ0n) is 9.03. The van der Waals surface area contributed by atoms with E-state index in [9.17, 15) is 4.39 Å². The lowest BCUT2D eigenvalue weighted by molar-refractivity contribution is 0.0638. The minimum atomic E-state index is -0.857. The molecular weight excluding hydrogens is 205 g/mol. The third kappa shape index (κ3) is 2.52. The zero-order valence-corrected chi connectivity index (χ0v) is 9.03. The van der Waals surface area contributed by atoms with Crippen LogP contribution in [0.2, 0.25) is 0 Å². The van der Waals surface area contributed by atoms with E-state index in [1.807, 2.05) is 6.07 Å². The number of hydrogen-bond donors (Lipinski definition) is 0. The molecule has 1 aliphatic rings. The molecule has 2 nitrogen and oxygen atoms in total. The molecule has 1 saturated carbocycles. The molecule has 2 atom stereocenters. The molecule has 0 saturated heterocycles. The van der Waals surface area contributed by atoms with Crippen LogP contribution >= 0.6 is 0 Å². The number of hydrogen-bond acceptors (Lipinski definition) is 2. The molecule has 0 heterocycles. The fraction of sp³-hybridized carbons (Fsp3) is 0.462. The fourth-order valence-corrected chi connectivity index (χ4v) is 1.97. The van der Waals surface area contributed by atoms with Gasteiger partial charge in [0.1, 0.15) is 18.0 Å². The lowest BCUT2D eigenvalue weighted by Gasteiger charge is -2.26. The summed E-state index contributed by atoms with van der Waals surface area (Å²) < 4.78 is 19.1. The van der Waals surface area contributed by atoms with Crippen molar-refractivity contribution in [3.63, 3.8) is 0 Å². The molecule has 1 aromatic rings. The van der Waals surface area contributed by atoms with E-state index in [-0.39, 0.29) is 6.10 Å². The van der Waals surface area contributed by atoms with Crippen LogP contribution in [0.15, 0.2) is 24.3 Å². The van der Waals surface area contributed by atoms with Crippen LogP contribution in [0, 0.1) is 11.3 Å². The molecule has 84 valence electrons. The first-order valence-corrected chi connectivity index (χ1v) is 5.60. The van der Waals surface area contributed by atoms with Crippen molar-refractivity contribution in [1.82, 2.24) is 0 Å². The second-order valence-electron chi connectivity index (χ2n) is 4.09. The smallest absolute Gasteiger partial charge is 0.137 e. The first kappa shape index (κ1) is 10.9. The molecule has 16 heavy (non-hydrogen) atoms. The van der Waals surface area contributed by atoms with Gasteiger partial charge in [0.2, 0.25) is 0 Å². The van der Waals surface area contributed by atoms with Crippen LogP contribution in [0.25, 0.3) is 0 Å². The number of nitriles is 1. The van der Waals surface area contributed by atoms with E-state index in [2.05, 4.69) is 0 Å². The monoisotopic (exact) mass is 219 g/mol. The SMILES string of the molecule is N#Cc1ccc(OC2CCCCC2F)cc1. The van der Waals surface area contributed by atoms with Gasteiger partial charge in [0.05, 0.1) is 11.6 Å². The van der Waals surface area contributed by atoms with E-state index in [0.717, 1.165) is 19.3 Å². The van der Waals surface area contributed by atoms with E-state index < -0.39 is 6.17 Å². The lowest BCUT2D eigenvalue weighted by Crippen LogP contribution is -2.31. The van der Waals surface area contributed by atoms with Gasteiger partial charge in [-0.15, -0.1) is 0 Å². The van der Waals surface area contributed by atoms with E-state index in [1.54, 1.807) is 24.3 Å². The van der Waals surface area contributed by atoms with E-state index >= 15 is 0 Å². The molecule has 0 spiro atoms. The molecule has 0 bridgehead atoms. The highest BCUT2D eigenvalue weighted by molar-refractivity contribution is 5.34. The minimum Gasteiger partial charge on any atom is -0.487 e. The summed E-state index contributed by atoms with van der Waals surface area (Å²) in [6, 6.07) is 8.85. The molecule has 0 aliphatic heterocycles. The summed E-state index contributed by atoms with van der Waals surface area (Å²) in [5.41, 5.74) is 0.591. The van der Waals surface area contributed by atoms with Crippen molar-refractivity contribution in [1.29, 1.82) is 5.26 Å². The number of ether oxygens (including phenoxy) is 1. The average Bonchev–Trinajstić information content (AvgIpc) is 2.33. The number of rotatable bonds is 2. The number of benzene rings is 1. The summed E-state index contributed by atoms with van der Waals surface area (Å²) in [4.78, 5) is 0. The molecule has 0 N–H and O–H groups in total. The Kier molecular flexibility index (Phi) is 3.40. The average molecular weight is 219 g/mol. The molecule has 0 amide bonds. The Morgan fingerprint density at radius 1 is 1.19 bits per heavy atom. The van der Waals surface area contributed by atoms with Gasteiger partial charge in [-0.3, -0.25) is 0 Å². The van der Waals surface area contributed by atoms with E-state index in [4.69, 9.17) is 10.00 Å². The Hall–Kier alpha value is -1.56. The molecule has 1 aromatic carbocycles. The Morgan fingerprint density at radius 2 is 1.88 bits per heavy atom.